The van der Waals surface area contributed by atoms with Gasteiger partial charge in [-0.1, -0.05) is 0 Å². The summed E-state index contributed by atoms with van der Waals surface area (Å²) in [6.07, 6.45) is 5.07. The molecule has 4 rings (SSSR count). The lowest BCUT2D eigenvalue weighted by atomic mass is 9.84. The maximum Gasteiger partial charge on any atom is 0.256 e. The number of carbonyl (C=O) groups is 1. The summed E-state index contributed by atoms with van der Waals surface area (Å²) < 4.78 is 10.8. The second kappa shape index (κ2) is 5.26. The molecule has 23 heavy (non-hydrogen) atoms. The van der Waals surface area contributed by atoms with E-state index in [0.29, 0.717) is 5.75 Å². The van der Waals surface area contributed by atoms with Crippen LogP contribution in [0.25, 0.3) is 0 Å². The summed E-state index contributed by atoms with van der Waals surface area (Å²) in [5.41, 5.74) is 4.18. The first-order valence-electron chi connectivity index (χ1n) is 7.71. The fourth-order valence-electron chi connectivity index (χ4n) is 3.65. The van der Waals surface area contributed by atoms with Gasteiger partial charge in [0.05, 0.1) is 25.8 Å². The number of carbonyl (C=O) groups excluding carboxylic acids is 1. The molecule has 5 nitrogen and oxygen atoms in total. The van der Waals surface area contributed by atoms with Crippen LogP contribution in [-0.4, -0.2) is 36.6 Å². The van der Waals surface area contributed by atoms with Crippen LogP contribution in [0.4, 0.5) is 0 Å². The molecule has 118 valence electrons. The molecule has 0 unspecified atom stereocenters. The molecule has 3 heterocycles. The Labute approximate surface area is 134 Å². The Morgan fingerprint density at radius 3 is 2.74 bits per heavy atom. The molecule has 0 N–H and O–H groups in total. The molecule has 0 radical (unpaired) electrons. The molecule has 5 heteroatoms. The van der Waals surface area contributed by atoms with Gasteiger partial charge in [0.25, 0.3) is 5.91 Å². The monoisotopic (exact) mass is 310 g/mol. The Balaban J connectivity index is 1.83. The number of hydrogen-bond acceptors (Lipinski definition) is 4. The zero-order valence-electron chi connectivity index (χ0n) is 13.2. The summed E-state index contributed by atoms with van der Waals surface area (Å²) in [6, 6.07) is 6.06. The lowest BCUT2D eigenvalue weighted by Crippen LogP contribution is -2.44. The number of benzene rings is 1. The van der Waals surface area contributed by atoms with Crippen LogP contribution >= 0.6 is 0 Å². The Morgan fingerprint density at radius 2 is 1.96 bits per heavy atom. The predicted molar refractivity (Wildman–Crippen MR) is 85.0 cm³/mol. The summed E-state index contributed by atoms with van der Waals surface area (Å²) in [7, 11) is 3.28. The lowest BCUT2D eigenvalue weighted by molar-refractivity contribution is 0.0630. The summed E-state index contributed by atoms with van der Waals surface area (Å²) in [6.45, 7) is 0.723. The summed E-state index contributed by atoms with van der Waals surface area (Å²) in [4.78, 5) is 18.8. The summed E-state index contributed by atoms with van der Waals surface area (Å²) in [5.74, 6) is 1.53. The second-order valence-corrected chi connectivity index (χ2v) is 5.91. The van der Waals surface area contributed by atoms with Gasteiger partial charge in [-0.25, -0.2) is 0 Å². The minimum atomic E-state index is 0.0564. The largest absolute Gasteiger partial charge is 0.493 e. The number of aromatic nitrogens is 1. The van der Waals surface area contributed by atoms with Crippen LogP contribution in [-0.2, 0) is 12.8 Å². The van der Waals surface area contributed by atoms with E-state index in [1.807, 2.05) is 23.1 Å². The Bertz CT molecular complexity index is 788. The first-order chi connectivity index (χ1) is 11.2. The average molecular weight is 310 g/mol. The Morgan fingerprint density at radius 1 is 1.17 bits per heavy atom. The highest BCUT2D eigenvalue weighted by atomic mass is 16.5. The normalized spacial score (nSPS) is 18.8. The molecule has 0 bridgehead atoms. The van der Waals surface area contributed by atoms with Crippen LogP contribution in [0, 0.1) is 0 Å². The third kappa shape index (κ3) is 2.07. The van der Waals surface area contributed by atoms with E-state index in [-0.39, 0.29) is 11.9 Å². The predicted octanol–water partition coefficient (Wildman–Crippen LogP) is 2.39. The molecule has 0 spiro atoms. The van der Waals surface area contributed by atoms with Crippen molar-refractivity contribution in [1.29, 1.82) is 0 Å². The quantitative estimate of drug-likeness (QED) is 0.854. The number of pyridine rings is 1. The molecule has 1 aromatic heterocycles. The van der Waals surface area contributed by atoms with Crippen molar-refractivity contribution in [3.8, 4) is 11.5 Å². The standard InChI is InChI=1S/C18H18N2O3/c1-22-16-8-12-4-6-20-15(13(12)9-17(16)23-2)7-11-3-5-19-10-14(11)18(20)21/h3,5,8-10,15H,4,6-7H2,1-2H3/t15-/m1/s1. The molecule has 2 aliphatic heterocycles. The van der Waals surface area contributed by atoms with Crippen molar-refractivity contribution in [2.75, 3.05) is 20.8 Å². The van der Waals surface area contributed by atoms with E-state index in [1.165, 1.54) is 5.56 Å². The molecule has 1 atom stereocenters. The van der Waals surface area contributed by atoms with E-state index < -0.39 is 0 Å². The van der Waals surface area contributed by atoms with Gasteiger partial charge in [-0.2, -0.15) is 0 Å². The smallest absolute Gasteiger partial charge is 0.256 e. The van der Waals surface area contributed by atoms with Crippen molar-refractivity contribution < 1.29 is 14.3 Å². The SMILES string of the molecule is COc1cc2c(cc1OC)[C@H]1Cc3ccncc3C(=O)N1CC2. The van der Waals surface area contributed by atoms with Gasteiger partial charge in [0.15, 0.2) is 11.5 Å². The van der Waals surface area contributed by atoms with E-state index >= 15 is 0 Å². The van der Waals surface area contributed by atoms with E-state index in [0.717, 1.165) is 41.8 Å². The Kier molecular flexibility index (Phi) is 3.22. The Hall–Kier alpha value is -2.56. The number of amides is 1. The van der Waals surface area contributed by atoms with Gasteiger partial charge in [0, 0.05) is 18.9 Å². The highest BCUT2D eigenvalue weighted by molar-refractivity contribution is 5.97. The van der Waals surface area contributed by atoms with Crippen molar-refractivity contribution in [1.82, 2.24) is 9.88 Å². The van der Waals surface area contributed by atoms with Crippen molar-refractivity contribution >= 4 is 5.91 Å². The van der Waals surface area contributed by atoms with E-state index in [1.54, 1.807) is 26.6 Å². The molecule has 0 aliphatic carbocycles. The van der Waals surface area contributed by atoms with Crippen LogP contribution in [0.1, 0.15) is 33.1 Å². The van der Waals surface area contributed by atoms with Crippen LogP contribution < -0.4 is 9.47 Å². The third-order valence-corrected chi connectivity index (χ3v) is 4.82. The zero-order chi connectivity index (χ0) is 16.0. The van der Waals surface area contributed by atoms with Crippen LogP contribution in [0.5, 0.6) is 11.5 Å². The van der Waals surface area contributed by atoms with Crippen molar-refractivity contribution in [3.05, 3.63) is 52.8 Å². The minimum Gasteiger partial charge on any atom is -0.493 e. The minimum absolute atomic E-state index is 0.0564. The van der Waals surface area contributed by atoms with E-state index in [9.17, 15) is 4.79 Å². The molecule has 2 aromatic rings. The first-order valence-corrected chi connectivity index (χ1v) is 7.71. The van der Waals surface area contributed by atoms with Gasteiger partial charge in [-0.15, -0.1) is 0 Å². The second-order valence-electron chi connectivity index (χ2n) is 5.91. The number of nitrogens with zero attached hydrogens (tertiary/aromatic N) is 2. The number of rotatable bonds is 2. The van der Waals surface area contributed by atoms with Gasteiger partial charge in [0.2, 0.25) is 0 Å². The summed E-state index contributed by atoms with van der Waals surface area (Å²) in [5, 5.41) is 0. The van der Waals surface area contributed by atoms with E-state index in [2.05, 4.69) is 4.98 Å². The van der Waals surface area contributed by atoms with Crippen LogP contribution in [0.3, 0.4) is 0 Å². The van der Waals surface area contributed by atoms with Crippen LogP contribution in [0.15, 0.2) is 30.6 Å². The number of hydrogen-bond donors (Lipinski definition) is 0. The molecule has 0 saturated carbocycles. The first kappa shape index (κ1) is 14.1. The number of fused-ring (bicyclic) bond motifs is 4. The van der Waals surface area contributed by atoms with Gasteiger partial charge in [-0.05, 0) is 47.7 Å². The molecule has 2 aliphatic rings. The van der Waals surface area contributed by atoms with Gasteiger partial charge < -0.3 is 14.4 Å². The fraction of sp³-hybridized carbons (Fsp3) is 0.333. The van der Waals surface area contributed by atoms with E-state index in [4.69, 9.17) is 9.47 Å². The third-order valence-electron chi connectivity index (χ3n) is 4.82. The maximum absolute atomic E-state index is 12.8. The number of ether oxygens (including phenoxy) is 2. The topological polar surface area (TPSA) is 51.7 Å². The van der Waals surface area contributed by atoms with Crippen molar-refractivity contribution in [3.63, 3.8) is 0 Å². The molecular formula is C18H18N2O3. The van der Waals surface area contributed by atoms with Crippen molar-refractivity contribution in [2.45, 2.75) is 18.9 Å². The highest BCUT2D eigenvalue weighted by Gasteiger charge is 2.37. The molecular weight excluding hydrogens is 292 g/mol. The molecule has 1 amide bonds. The van der Waals surface area contributed by atoms with Gasteiger partial charge >= 0.3 is 0 Å². The average Bonchev–Trinajstić information content (AvgIpc) is 2.60. The maximum atomic E-state index is 12.8. The fourth-order valence-corrected chi connectivity index (χ4v) is 3.65. The highest BCUT2D eigenvalue weighted by Crippen LogP contribution is 2.42. The molecule has 0 fully saturated rings. The zero-order valence-corrected chi connectivity index (χ0v) is 13.2. The van der Waals surface area contributed by atoms with Gasteiger partial charge in [0.1, 0.15) is 0 Å². The van der Waals surface area contributed by atoms with Gasteiger partial charge in [-0.3, -0.25) is 9.78 Å². The lowest BCUT2D eigenvalue weighted by Gasteiger charge is -2.41. The molecule has 1 aromatic carbocycles. The summed E-state index contributed by atoms with van der Waals surface area (Å²) >= 11 is 0. The van der Waals surface area contributed by atoms with Crippen molar-refractivity contribution in [2.24, 2.45) is 0 Å². The molecule has 0 saturated heterocycles. The number of methoxy groups -OCH3 is 2. The van der Waals surface area contributed by atoms with Crippen LogP contribution in [0.2, 0.25) is 0 Å².